The van der Waals surface area contributed by atoms with Gasteiger partial charge in [-0.1, -0.05) is 0 Å². The summed E-state index contributed by atoms with van der Waals surface area (Å²) in [5, 5.41) is 26.0. The van der Waals surface area contributed by atoms with Crippen LogP contribution < -0.4 is 0 Å². The lowest BCUT2D eigenvalue weighted by molar-refractivity contribution is 0.0929. The van der Waals surface area contributed by atoms with Crippen molar-refractivity contribution < 1.29 is 32.5 Å². The van der Waals surface area contributed by atoms with Crippen molar-refractivity contribution in [3.8, 4) is 0 Å². The van der Waals surface area contributed by atoms with Crippen molar-refractivity contribution in [1.29, 1.82) is 0 Å². The Balaban J connectivity index is 0. The molecule has 0 saturated heterocycles. The van der Waals surface area contributed by atoms with Crippen LogP contribution in [0, 0.1) is 0 Å². The van der Waals surface area contributed by atoms with Gasteiger partial charge in [-0.15, -0.1) is 0 Å². The van der Waals surface area contributed by atoms with Crippen molar-refractivity contribution >= 4 is 10.4 Å². The maximum atomic E-state index is 9.33. The highest BCUT2D eigenvalue weighted by Gasteiger charge is 2.10. The molecule has 8 nitrogen and oxygen atoms in total. The van der Waals surface area contributed by atoms with E-state index in [0.717, 1.165) is 7.11 Å². The second kappa shape index (κ2) is 10.8. The lowest BCUT2D eigenvalue weighted by Crippen LogP contribution is -2.39. The van der Waals surface area contributed by atoms with Gasteiger partial charge in [-0.25, -0.2) is 0 Å². The van der Waals surface area contributed by atoms with Crippen molar-refractivity contribution in [3.63, 3.8) is 0 Å². The summed E-state index contributed by atoms with van der Waals surface area (Å²) in [5.41, 5.74) is 0. The van der Waals surface area contributed by atoms with Gasteiger partial charge in [0.25, 0.3) is 0 Å². The molecule has 0 rings (SSSR count). The largest absolute Gasteiger partial charge is 0.397 e. The van der Waals surface area contributed by atoms with Crippen LogP contribution in [0.5, 0.6) is 0 Å². The summed E-state index contributed by atoms with van der Waals surface area (Å²) in [7, 11) is -3.29. The molecule has 4 N–H and O–H groups in total. The van der Waals surface area contributed by atoms with E-state index in [4.69, 9.17) is 19.9 Å². The topological polar surface area (TPSA) is 128 Å². The normalized spacial score (nSPS) is 13.1. The Morgan fingerprint density at radius 2 is 1.53 bits per heavy atom. The highest BCUT2D eigenvalue weighted by atomic mass is 32.3. The molecule has 0 spiro atoms. The summed E-state index contributed by atoms with van der Waals surface area (Å²) in [4.78, 5) is 1.83. The summed E-state index contributed by atoms with van der Waals surface area (Å²) < 4.78 is 29.7. The molecule has 17 heavy (non-hydrogen) atoms. The number of rotatable bonds is 7. The van der Waals surface area contributed by atoms with E-state index in [1.807, 2.05) is 11.8 Å². The van der Waals surface area contributed by atoms with E-state index in [-0.39, 0.29) is 25.9 Å². The monoisotopic (exact) mass is 275 g/mol. The minimum atomic E-state index is -4.16. The number of hydrogen-bond donors (Lipinski definition) is 4. The lowest BCUT2D eigenvalue weighted by Gasteiger charge is -2.25. The van der Waals surface area contributed by atoms with Gasteiger partial charge in [-0.3, -0.25) is 13.6 Å². The zero-order chi connectivity index (χ0) is 13.9. The summed E-state index contributed by atoms with van der Waals surface area (Å²) in [6, 6.07) is 0.00861. The second-order valence-electron chi connectivity index (χ2n) is 3.11. The van der Waals surface area contributed by atoms with Crippen LogP contribution in [-0.4, -0.2) is 79.3 Å². The highest BCUT2D eigenvalue weighted by Crippen LogP contribution is 1.95. The van der Waals surface area contributed by atoms with Gasteiger partial charge in [0.15, 0.2) is 0 Å². The molecule has 1 atom stereocenters. The van der Waals surface area contributed by atoms with Crippen molar-refractivity contribution in [2.45, 2.75) is 13.0 Å². The average molecular weight is 275 g/mol. The Bertz CT molecular complexity index is 251. The van der Waals surface area contributed by atoms with E-state index in [2.05, 4.69) is 4.18 Å². The van der Waals surface area contributed by atoms with Crippen LogP contribution in [-0.2, 0) is 14.6 Å². The van der Waals surface area contributed by atoms with E-state index in [1.54, 1.807) is 0 Å². The third-order valence-corrected chi connectivity index (χ3v) is 2.29. The van der Waals surface area contributed by atoms with Crippen LogP contribution in [0.3, 0.4) is 0 Å². The van der Waals surface area contributed by atoms with Crippen molar-refractivity contribution in [3.05, 3.63) is 0 Å². The van der Waals surface area contributed by atoms with E-state index < -0.39 is 10.4 Å². The maximum Gasteiger partial charge on any atom is 0.397 e. The molecule has 0 amide bonds. The van der Waals surface area contributed by atoms with Crippen LogP contribution in [0.2, 0.25) is 0 Å². The smallest absolute Gasteiger partial charge is 0.395 e. The van der Waals surface area contributed by atoms with E-state index in [0.29, 0.717) is 13.1 Å². The molecular formula is C8H21NO7S. The second-order valence-corrected chi connectivity index (χ2v) is 4.30. The van der Waals surface area contributed by atoms with Gasteiger partial charge < -0.3 is 15.3 Å². The Morgan fingerprint density at radius 1 is 1.18 bits per heavy atom. The molecule has 106 valence electrons. The van der Waals surface area contributed by atoms with Crippen LogP contribution in [0.15, 0.2) is 0 Å². The molecule has 9 heteroatoms. The van der Waals surface area contributed by atoms with Gasteiger partial charge >= 0.3 is 10.4 Å². The summed E-state index contributed by atoms with van der Waals surface area (Å²) in [6.45, 7) is 3.03. The Kier molecular flexibility index (Phi) is 12.2. The molecule has 0 aliphatic rings. The fraction of sp³-hybridized carbons (Fsp3) is 1.00. The first kappa shape index (κ1) is 19.1. The number of nitrogens with zero attached hydrogens (tertiary/aromatic N) is 1. The van der Waals surface area contributed by atoms with Crippen LogP contribution in [0.4, 0.5) is 0 Å². The molecule has 1 unspecified atom stereocenters. The highest BCUT2D eigenvalue weighted by molar-refractivity contribution is 7.80. The fourth-order valence-electron chi connectivity index (χ4n) is 0.925. The predicted octanol–water partition coefficient (Wildman–Crippen LogP) is -1.91. The quantitative estimate of drug-likeness (QED) is 0.396. The lowest BCUT2D eigenvalue weighted by atomic mass is 10.3. The van der Waals surface area contributed by atoms with Gasteiger partial charge in [0.1, 0.15) is 0 Å². The van der Waals surface area contributed by atoms with E-state index in [9.17, 15) is 8.42 Å². The van der Waals surface area contributed by atoms with Crippen molar-refractivity contribution in [2.24, 2.45) is 0 Å². The average Bonchev–Trinajstić information content (AvgIpc) is 2.27. The standard InChI is InChI=1S/C7H17NO3.CH4O4S/c1-7(6-11)8(2-4-9)3-5-10;1-5-6(2,3)4/h7,9-11H,2-6H2,1H3;1H3,(H,2,3,4). The van der Waals surface area contributed by atoms with Gasteiger partial charge in [-0.2, -0.15) is 8.42 Å². The molecule has 0 radical (unpaired) electrons. The zero-order valence-electron chi connectivity index (χ0n) is 9.98. The zero-order valence-corrected chi connectivity index (χ0v) is 10.8. The third kappa shape index (κ3) is 13.6. The first-order valence-electron chi connectivity index (χ1n) is 4.92. The molecule has 0 aliphatic heterocycles. The third-order valence-electron chi connectivity index (χ3n) is 1.87. The minimum absolute atomic E-state index is 0.00861. The molecule has 0 saturated carbocycles. The molecule has 0 aromatic carbocycles. The SMILES string of the molecule is CC(CO)N(CCO)CCO.COS(=O)(=O)O. The predicted molar refractivity (Wildman–Crippen MR) is 60.9 cm³/mol. The van der Waals surface area contributed by atoms with Crippen molar-refractivity contribution in [1.82, 2.24) is 4.90 Å². The van der Waals surface area contributed by atoms with Gasteiger partial charge in [-0.05, 0) is 6.92 Å². The van der Waals surface area contributed by atoms with Gasteiger partial charge in [0.2, 0.25) is 0 Å². The molecule has 0 fully saturated rings. The molecule has 0 aromatic rings. The molecule has 0 heterocycles. The van der Waals surface area contributed by atoms with Crippen LogP contribution >= 0.6 is 0 Å². The first-order valence-corrected chi connectivity index (χ1v) is 6.28. The molecule has 0 aromatic heterocycles. The maximum absolute atomic E-state index is 9.33. The Morgan fingerprint density at radius 3 is 1.71 bits per heavy atom. The first-order chi connectivity index (χ1) is 7.82. The Hall–Kier alpha value is -0.290. The molecular weight excluding hydrogens is 254 g/mol. The molecule has 0 bridgehead atoms. The van der Waals surface area contributed by atoms with E-state index >= 15 is 0 Å². The molecule has 0 aliphatic carbocycles. The summed E-state index contributed by atoms with van der Waals surface area (Å²) in [6.07, 6.45) is 0. The minimum Gasteiger partial charge on any atom is -0.395 e. The number of aliphatic hydroxyl groups is 3. The van der Waals surface area contributed by atoms with Crippen LogP contribution in [0.1, 0.15) is 6.92 Å². The van der Waals surface area contributed by atoms with Gasteiger partial charge in [0.05, 0.1) is 26.9 Å². The van der Waals surface area contributed by atoms with E-state index in [1.165, 1.54) is 0 Å². The summed E-state index contributed by atoms with van der Waals surface area (Å²) >= 11 is 0. The van der Waals surface area contributed by atoms with Crippen molar-refractivity contribution in [2.75, 3.05) is 40.0 Å². The van der Waals surface area contributed by atoms with Crippen LogP contribution in [0.25, 0.3) is 0 Å². The van der Waals surface area contributed by atoms with Gasteiger partial charge in [0, 0.05) is 19.1 Å². The fourth-order valence-corrected chi connectivity index (χ4v) is 0.925. The summed E-state index contributed by atoms with van der Waals surface area (Å²) in [5.74, 6) is 0. The number of hydrogen-bond acceptors (Lipinski definition) is 7. The number of aliphatic hydroxyl groups excluding tert-OH is 3. The Labute approximate surface area is 101 Å².